The van der Waals surface area contributed by atoms with Gasteiger partial charge in [0.2, 0.25) is 5.36 Å². The minimum Gasteiger partial charge on any atom is -0.462 e. The third kappa shape index (κ3) is 6.46. The molecule has 5 aliphatic heterocycles. The number of aryl methyl sites for hydroxylation is 1. The first kappa shape index (κ1) is 35.9. The van der Waals surface area contributed by atoms with Gasteiger partial charge in [-0.15, -0.1) is 0 Å². The number of hydrogen-bond acceptors (Lipinski definition) is 4. The van der Waals surface area contributed by atoms with Crippen molar-refractivity contribution in [2.45, 2.75) is 116 Å². The van der Waals surface area contributed by atoms with Crippen LogP contribution in [0.1, 0.15) is 134 Å². The number of halogens is 4. The predicted octanol–water partition coefficient (Wildman–Crippen LogP) is 8.88. The zero-order valence-electron chi connectivity index (χ0n) is 30.8. The molecule has 0 saturated heterocycles. The van der Waals surface area contributed by atoms with Gasteiger partial charge in [0, 0.05) is 64.7 Å². The Morgan fingerprint density at radius 2 is 1.49 bits per heavy atom. The van der Waals surface area contributed by atoms with E-state index in [0.29, 0.717) is 41.5 Å². The SMILES string of the molecule is CCCCCCCCCCCCOC(=O)c1c(F)c(F)c(F)c(F)c1C1=c2cc3c4c(c2Oc2c1cc1c5c2CCCN5CCC1)CCC[N+]=4C=CC3. The maximum Gasteiger partial charge on any atom is 0.341 e. The molecular formula is C44H49F4N2O3+. The van der Waals surface area contributed by atoms with Crippen LogP contribution in [0, 0.1) is 23.3 Å². The van der Waals surface area contributed by atoms with Gasteiger partial charge in [0.05, 0.1) is 12.2 Å². The van der Waals surface area contributed by atoms with Crippen LogP contribution in [0.3, 0.4) is 0 Å². The monoisotopic (exact) mass is 729 g/mol. The van der Waals surface area contributed by atoms with Crippen molar-refractivity contribution >= 4 is 17.2 Å². The second-order valence-electron chi connectivity index (χ2n) is 15.4. The summed E-state index contributed by atoms with van der Waals surface area (Å²) in [5, 5.41) is 1.49. The summed E-state index contributed by atoms with van der Waals surface area (Å²) in [4.78, 5) is 16.2. The van der Waals surface area contributed by atoms with Crippen LogP contribution in [0.15, 0.2) is 24.4 Å². The van der Waals surface area contributed by atoms with E-state index in [9.17, 15) is 4.79 Å². The summed E-state index contributed by atoms with van der Waals surface area (Å²) in [5.74, 6) is -7.51. The molecule has 0 fully saturated rings. The van der Waals surface area contributed by atoms with Crippen molar-refractivity contribution in [3.63, 3.8) is 0 Å². The predicted molar refractivity (Wildman–Crippen MR) is 198 cm³/mol. The van der Waals surface area contributed by atoms with Crippen molar-refractivity contribution in [3.05, 3.63) is 97.2 Å². The highest BCUT2D eigenvalue weighted by atomic mass is 19.2. The van der Waals surface area contributed by atoms with Gasteiger partial charge in [0.25, 0.3) is 0 Å². The summed E-state index contributed by atoms with van der Waals surface area (Å²) in [6, 6.07) is 3.85. The summed E-state index contributed by atoms with van der Waals surface area (Å²) >= 11 is 0. The molecule has 5 nitrogen and oxygen atoms in total. The molecule has 0 radical (unpaired) electrons. The number of unbranched alkanes of at least 4 members (excludes halogenated alkanes) is 9. The Kier molecular flexibility index (Phi) is 10.4. The first-order valence-electron chi connectivity index (χ1n) is 20.0. The molecule has 5 heterocycles. The van der Waals surface area contributed by atoms with Crippen LogP contribution >= 0.6 is 0 Å². The molecule has 53 heavy (non-hydrogen) atoms. The first-order valence-corrected chi connectivity index (χ1v) is 20.0. The van der Waals surface area contributed by atoms with E-state index in [0.717, 1.165) is 111 Å². The first-order chi connectivity index (χ1) is 25.9. The minimum atomic E-state index is -2.03. The van der Waals surface area contributed by atoms with Gasteiger partial charge in [0.1, 0.15) is 23.6 Å². The van der Waals surface area contributed by atoms with E-state index in [2.05, 4.69) is 28.7 Å². The van der Waals surface area contributed by atoms with Gasteiger partial charge < -0.3 is 14.4 Å². The number of allylic oxidation sites excluding steroid dienone is 1. The number of rotatable bonds is 13. The fraction of sp³-hybridized carbons (Fsp3) is 0.500. The topological polar surface area (TPSA) is 41.8 Å². The molecule has 0 N–H and O–H groups in total. The number of benzene rings is 3. The lowest BCUT2D eigenvalue weighted by Crippen LogP contribution is -2.41. The Balaban J connectivity index is 1.23. The molecule has 3 aromatic rings. The van der Waals surface area contributed by atoms with Crippen molar-refractivity contribution < 1.29 is 31.8 Å². The second kappa shape index (κ2) is 15.3. The molecule has 8 rings (SSSR count). The number of fused-ring (bicyclic) bond motifs is 4. The number of nitrogens with zero attached hydrogens (tertiary/aromatic N) is 2. The molecule has 0 bridgehead atoms. The molecule has 0 atom stereocenters. The van der Waals surface area contributed by atoms with Gasteiger partial charge in [-0.3, -0.25) is 0 Å². The van der Waals surface area contributed by atoms with Crippen molar-refractivity contribution in [2.24, 2.45) is 0 Å². The Labute approximate surface area is 309 Å². The lowest BCUT2D eigenvalue weighted by atomic mass is 9.81. The minimum absolute atomic E-state index is 0.0340. The Hall–Kier alpha value is -4.14. The van der Waals surface area contributed by atoms with Crippen LogP contribution in [0.4, 0.5) is 23.2 Å². The Morgan fingerprint density at radius 3 is 2.26 bits per heavy atom. The Morgan fingerprint density at radius 1 is 0.792 bits per heavy atom. The molecule has 0 aromatic heterocycles. The number of carbonyl (C=O) groups is 1. The van der Waals surface area contributed by atoms with E-state index in [1.165, 1.54) is 32.1 Å². The number of anilines is 1. The van der Waals surface area contributed by atoms with Crippen molar-refractivity contribution in [1.82, 2.24) is 4.58 Å². The average molecular weight is 730 g/mol. The van der Waals surface area contributed by atoms with Gasteiger partial charge in [-0.25, -0.2) is 22.4 Å². The lowest BCUT2D eigenvalue weighted by Gasteiger charge is -2.39. The second-order valence-corrected chi connectivity index (χ2v) is 15.4. The summed E-state index contributed by atoms with van der Waals surface area (Å²) in [7, 11) is 0. The molecule has 3 aromatic carbocycles. The van der Waals surface area contributed by atoms with E-state index in [1.54, 1.807) is 0 Å². The highest BCUT2D eigenvalue weighted by molar-refractivity contribution is 6.00. The van der Waals surface area contributed by atoms with Gasteiger partial charge in [0.15, 0.2) is 29.5 Å². The quantitative estimate of drug-likeness (QED) is 0.0345. The highest BCUT2D eigenvalue weighted by Crippen LogP contribution is 2.49. The van der Waals surface area contributed by atoms with Crippen molar-refractivity contribution in [1.29, 1.82) is 0 Å². The molecule has 280 valence electrons. The normalized spacial score (nSPS) is 16.5. The van der Waals surface area contributed by atoms with Crippen LogP contribution in [0.25, 0.3) is 5.57 Å². The largest absolute Gasteiger partial charge is 0.462 e. The number of hydrogen-bond donors (Lipinski definition) is 0. The summed E-state index contributed by atoms with van der Waals surface area (Å²) in [5.41, 5.74) is 4.17. The Bertz CT molecular complexity index is 2120. The number of carbonyl (C=O) groups excluding carboxylic acids is 1. The molecule has 0 amide bonds. The van der Waals surface area contributed by atoms with E-state index in [-0.39, 0.29) is 12.2 Å². The summed E-state index contributed by atoms with van der Waals surface area (Å²) in [6.07, 6.45) is 20.4. The summed E-state index contributed by atoms with van der Waals surface area (Å²) in [6.45, 7) is 4.85. The van der Waals surface area contributed by atoms with E-state index >= 15 is 17.6 Å². The fourth-order valence-electron chi connectivity index (χ4n) is 9.35. The fourth-order valence-corrected chi connectivity index (χ4v) is 9.35. The van der Waals surface area contributed by atoms with Gasteiger partial charge in [-0.05, 0) is 62.3 Å². The number of esters is 1. The molecule has 0 aliphatic carbocycles. The summed E-state index contributed by atoms with van der Waals surface area (Å²) < 4.78 is 78.0. The average Bonchev–Trinajstić information content (AvgIpc) is 3.17. The van der Waals surface area contributed by atoms with Crippen LogP contribution in [-0.2, 0) is 30.4 Å². The standard InChI is InChI=1S/C44H49F4N2O3/c1-2-3-4-5-6-7-8-9-10-11-24-52-44(51)35-34(36(45)38(47)39(48)37(35)46)33-31-25-27-16-12-20-49-22-14-18-29(40(27)49)42(31)53-43-30-19-15-23-50-21-13-17-28(41(30)50)26-32(33)43/h12,20,25-26H,2-11,13-19,21-24H2,1H3/q+1. The number of ether oxygens (including phenoxy) is 2. The third-order valence-electron chi connectivity index (χ3n) is 11.8. The molecular weight excluding hydrogens is 680 g/mol. The van der Waals surface area contributed by atoms with Gasteiger partial charge >= 0.3 is 5.97 Å². The van der Waals surface area contributed by atoms with Crippen LogP contribution in [-0.4, -0.2) is 32.2 Å². The molecule has 5 aliphatic rings. The van der Waals surface area contributed by atoms with Gasteiger partial charge in [-0.2, -0.15) is 4.58 Å². The maximum absolute atomic E-state index is 16.6. The molecule has 9 heteroatoms. The van der Waals surface area contributed by atoms with Crippen LogP contribution in [0.5, 0.6) is 11.5 Å². The zero-order valence-corrected chi connectivity index (χ0v) is 30.8. The smallest absolute Gasteiger partial charge is 0.341 e. The van der Waals surface area contributed by atoms with Gasteiger partial charge in [-0.1, -0.05) is 64.7 Å². The maximum atomic E-state index is 16.6. The van der Waals surface area contributed by atoms with Crippen LogP contribution in [0.2, 0.25) is 0 Å². The van der Waals surface area contributed by atoms with E-state index in [1.807, 2.05) is 12.1 Å². The van der Waals surface area contributed by atoms with E-state index in [4.69, 9.17) is 9.47 Å². The molecule has 0 unspecified atom stereocenters. The van der Waals surface area contributed by atoms with Crippen molar-refractivity contribution in [2.75, 3.05) is 31.1 Å². The highest BCUT2D eigenvalue weighted by Gasteiger charge is 2.39. The van der Waals surface area contributed by atoms with E-state index < -0.39 is 40.4 Å². The molecule has 0 spiro atoms. The zero-order chi connectivity index (χ0) is 36.6. The third-order valence-corrected chi connectivity index (χ3v) is 11.8. The van der Waals surface area contributed by atoms with Crippen molar-refractivity contribution in [3.8, 4) is 11.5 Å². The van der Waals surface area contributed by atoms with Crippen LogP contribution < -0.4 is 24.8 Å². The lowest BCUT2D eigenvalue weighted by molar-refractivity contribution is 0.0489. The molecule has 0 saturated carbocycles.